The second kappa shape index (κ2) is 7.70. The number of carbonyl (C=O) groups is 1. The van der Waals surface area contributed by atoms with E-state index in [2.05, 4.69) is 10.3 Å². The van der Waals surface area contributed by atoms with Crippen LogP contribution in [0, 0.1) is 5.41 Å². The van der Waals surface area contributed by atoms with Crippen molar-refractivity contribution in [3.05, 3.63) is 28.6 Å². The summed E-state index contributed by atoms with van der Waals surface area (Å²) < 4.78 is 10.5. The van der Waals surface area contributed by atoms with Crippen molar-refractivity contribution in [1.29, 1.82) is 0 Å². The van der Waals surface area contributed by atoms with Gasteiger partial charge in [0.1, 0.15) is 5.75 Å². The van der Waals surface area contributed by atoms with E-state index in [1.165, 1.54) is 11.3 Å². The number of rotatable bonds is 5. The summed E-state index contributed by atoms with van der Waals surface area (Å²) in [4.78, 5) is 17.2. The number of anilines is 1. The van der Waals surface area contributed by atoms with Crippen LogP contribution in [0.2, 0.25) is 5.02 Å². The lowest BCUT2D eigenvalue weighted by Gasteiger charge is -2.34. The van der Waals surface area contributed by atoms with Crippen LogP contribution >= 0.6 is 22.9 Å². The maximum absolute atomic E-state index is 12.7. The van der Waals surface area contributed by atoms with Gasteiger partial charge in [-0.2, -0.15) is 0 Å². The second-order valence-corrected chi connectivity index (χ2v) is 7.20. The van der Waals surface area contributed by atoms with E-state index in [9.17, 15) is 4.79 Å². The summed E-state index contributed by atoms with van der Waals surface area (Å²) in [7, 11) is 1.57. The highest BCUT2D eigenvalue weighted by Gasteiger charge is 2.39. The highest BCUT2D eigenvalue weighted by molar-refractivity contribution is 7.14. The summed E-state index contributed by atoms with van der Waals surface area (Å²) in [5.41, 5.74) is 6.91. The van der Waals surface area contributed by atoms with Crippen molar-refractivity contribution in [1.82, 2.24) is 4.98 Å². The predicted molar refractivity (Wildman–Crippen MR) is 99.3 cm³/mol. The number of nitrogens with one attached hydrogen (secondary N) is 1. The van der Waals surface area contributed by atoms with Gasteiger partial charge in [-0.05, 0) is 31.0 Å². The highest BCUT2D eigenvalue weighted by atomic mass is 35.5. The molecule has 0 unspecified atom stereocenters. The van der Waals surface area contributed by atoms with Gasteiger partial charge in [0.2, 0.25) is 5.91 Å². The number of hydrogen-bond donors (Lipinski definition) is 2. The predicted octanol–water partition coefficient (Wildman–Crippen LogP) is 3.17. The van der Waals surface area contributed by atoms with Crippen LogP contribution in [-0.2, 0) is 9.53 Å². The van der Waals surface area contributed by atoms with Crippen molar-refractivity contribution in [3.8, 4) is 17.0 Å². The number of amides is 1. The van der Waals surface area contributed by atoms with Gasteiger partial charge >= 0.3 is 0 Å². The van der Waals surface area contributed by atoms with Crippen molar-refractivity contribution in [2.45, 2.75) is 12.8 Å². The van der Waals surface area contributed by atoms with E-state index in [0.717, 1.165) is 11.3 Å². The summed E-state index contributed by atoms with van der Waals surface area (Å²) in [6, 6.07) is 5.47. The van der Waals surface area contributed by atoms with E-state index in [1.54, 1.807) is 19.2 Å². The molecule has 0 bridgehead atoms. The van der Waals surface area contributed by atoms with Gasteiger partial charge < -0.3 is 20.5 Å². The maximum Gasteiger partial charge on any atom is 0.233 e. The molecule has 134 valence electrons. The molecular formula is C17H20ClN3O3S. The van der Waals surface area contributed by atoms with Crippen LogP contribution in [0.25, 0.3) is 11.3 Å². The Kier molecular flexibility index (Phi) is 5.58. The number of ether oxygens (including phenoxy) is 2. The minimum absolute atomic E-state index is 0.0908. The van der Waals surface area contributed by atoms with Crippen molar-refractivity contribution >= 4 is 34.0 Å². The van der Waals surface area contributed by atoms with Crippen molar-refractivity contribution in [2.75, 3.05) is 32.2 Å². The first kappa shape index (κ1) is 18.1. The van der Waals surface area contributed by atoms with E-state index in [-0.39, 0.29) is 5.91 Å². The molecule has 0 spiro atoms. The molecular weight excluding hydrogens is 362 g/mol. The van der Waals surface area contributed by atoms with Crippen LogP contribution in [0.15, 0.2) is 23.6 Å². The number of benzene rings is 1. The van der Waals surface area contributed by atoms with Crippen LogP contribution in [0.1, 0.15) is 12.8 Å². The van der Waals surface area contributed by atoms with E-state index in [0.29, 0.717) is 48.5 Å². The molecule has 25 heavy (non-hydrogen) atoms. The molecule has 1 amide bonds. The lowest BCUT2D eigenvalue weighted by molar-refractivity contribution is -0.130. The third-order valence-electron chi connectivity index (χ3n) is 4.49. The number of methoxy groups -OCH3 is 1. The maximum atomic E-state index is 12.7. The quantitative estimate of drug-likeness (QED) is 0.830. The largest absolute Gasteiger partial charge is 0.495 e. The van der Waals surface area contributed by atoms with Crippen LogP contribution in [0.4, 0.5) is 5.13 Å². The van der Waals surface area contributed by atoms with Gasteiger partial charge in [-0.15, -0.1) is 11.3 Å². The summed E-state index contributed by atoms with van der Waals surface area (Å²) in [5, 5.41) is 5.85. The van der Waals surface area contributed by atoms with Crippen LogP contribution in [0.5, 0.6) is 5.75 Å². The molecule has 1 aromatic heterocycles. The normalized spacial score (nSPS) is 16.4. The smallest absolute Gasteiger partial charge is 0.233 e. The molecule has 8 heteroatoms. The SMILES string of the molecule is COc1ccc(-c2csc(NC(=O)C3(CN)CCOCC3)n2)cc1Cl. The standard InChI is InChI=1S/C17H20ClN3O3S/c1-23-14-3-2-11(8-12(14)18)13-9-25-16(20-13)21-15(22)17(10-19)4-6-24-7-5-17/h2-3,8-9H,4-7,10,19H2,1H3,(H,20,21,22). The molecule has 0 saturated carbocycles. The van der Waals surface area contributed by atoms with Crippen molar-refractivity contribution < 1.29 is 14.3 Å². The van der Waals surface area contributed by atoms with Crippen LogP contribution in [-0.4, -0.2) is 37.8 Å². The first-order chi connectivity index (χ1) is 12.1. The zero-order valence-electron chi connectivity index (χ0n) is 13.9. The second-order valence-electron chi connectivity index (χ2n) is 5.94. The Balaban J connectivity index is 1.75. The van der Waals surface area contributed by atoms with E-state index in [4.69, 9.17) is 26.8 Å². The number of carbonyl (C=O) groups excluding carboxylic acids is 1. The number of hydrogen-bond acceptors (Lipinski definition) is 6. The number of nitrogens with zero attached hydrogens (tertiary/aromatic N) is 1. The lowest BCUT2D eigenvalue weighted by atomic mass is 9.79. The Morgan fingerprint density at radius 1 is 1.48 bits per heavy atom. The van der Waals surface area contributed by atoms with E-state index < -0.39 is 5.41 Å². The third-order valence-corrected chi connectivity index (χ3v) is 5.55. The zero-order chi connectivity index (χ0) is 17.9. The number of nitrogens with two attached hydrogens (primary N) is 1. The summed E-state index contributed by atoms with van der Waals surface area (Å²) in [6.07, 6.45) is 1.25. The van der Waals surface area contributed by atoms with Crippen LogP contribution < -0.4 is 15.8 Å². The Hall–Kier alpha value is -1.67. The molecule has 2 heterocycles. The molecule has 3 N–H and O–H groups in total. The Labute approximate surface area is 155 Å². The van der Waals surface area contributed by atoms with Crippen molar-refractivity contribution in [2.24, 2.45) is 11.1 Å². The van der Waals surface area contributed by atoms with Gasteiger partial charge in [0, 0.05) is 30.7 Å². The number of halogens is 1. The molecule has 1 aromatic carbocycles. The molecule has 1 saturated heterocycles. The van der Waals surface area contributed by atoms with Crippen molar-refractivity contribution in [3.63, 3.8) is 0 Å². The Bertz CT molecular complexity index is 759. The third kappa shape index (κ3) is 3.79. The summed E-state index contributed by atoms with van der Waals surface area (Å²) in [6.45, 7) is 1.41. The molecule has 1 aliphatic heterocycles. The highest BCUT2D eigenvalue weighted by Crippen LogP contribution is 2.34. The first-order valence-electron chi connectivity index (χ1n) is 7.97. The minimum Gasteiger partial charge on any atom is -0.495 e. The average Bonchev–Trinajstić information content (AvgIpc) is 3.10. The van der Waals surface area contributed by atoms with E-state index in [1.807, 2.05) is 11.4 Å². The summed E-state index contributed by atoms with van der Waals surface area (Å²) in [5.74, 6) is 0.519. The Morgan fingerprint density at radius 2 is 2.24 bits per heavy atom. The Morgan fingerprint density at radius 3 is 2.88 bits per heavy atom. The number of aromatic nitrogens is 1. The number of thiazole rings is 1. The molecule has 0 radical (unpaired) electrons. The molecule has 0 atom stereocenters. The molecule has 1 fully saturated rings. The first-order valence-corrected chi connectivity index (χ1v) is 9.22. The van der Waals surface area contributed by atoms with Gasteiger partial charge in [0.05, 0.1) is 23.2 Å². The zero-order valence-corrected chi connectivity index (χ0v) is 15.5. The van der Waals surface area contributed by atoms with Gasteiger partial charge in [0.25, 0.3) is 0 Å². The van der Waals surface area contributed by atoms with E-state index >= 15 is 0 Å². The fourth-order valence-corrected chi connectivity index (χ4v) is 3.78. The van der Waals surface area contributed by atoms with Gasteiger partial charge in [-0.3, -0.25) is 4.79 Å². The lowest BCUT2D eigenvalue weighted by Crippen LogP contribution is -2.46. The monoisotopic (exact) mass is 381 g/mol. The average molecular weight is 382 g/mol. The molecule has 0 aliphatic carbocycles. The minimum atomic E-state index is -0.576. The summed E-state index contributed by atoms with van der Waals surface area (Å²) >= 11 is 7.54. The molecule has 1 aliphatic rings. The molecule has 6 nitrogen and oxygen atoms in total. The molecule has 3 rings (SSSR count). The fraction of sp³-hybridized carbons (Fsp3) is 0.412. The van der Waals surface area contributed by atoms with Gasteiger partial charge in [-0.25, -0.2) is 4.98 Å². The van der Waals surface area contributed by atoms with Gasteiger partial charge in [0.15, 0.2) is 5.13 Å². The van der Waals surface area contributed by atoms with Crippen LogP contribution in [0.3, 0.4) is 0 Å². The van der Waals surface area contributed by atoms with Gasteiger partial charge in [-0.1, -0.05) is 11.6 Å². The molecule has 2 aromatic rings. The fourth-order valence-electron chi connectivity index (χ4n) is 2.81. The topological polar surface area (TPSA) is 86.5 Å².